The van der Waals surface area contributed by atoms with Gasteiger partial charge in [-0.05, 0) is 24.6 Å². The van der Waals surface area contributed by atoms with E-state index in [1.807, 2.05) is 6.92 Å². The average Bonchev–Trinajstić information content (AvgIpc) is 2.28. The van der Waals surface area contributed by atoms with Gasteiger partial charge in [-0.15, -0.1) is 0 Å². The lowest BCUT2D eigenvalue weighted by Crippen LogP contribution is -2.15. The van der Waals surface area contributed by atoms with Crippen molar-refractivity contribution in [2.45, 2.75) is 19.8 Å². The first kappa shape index (κ1) is 13.0. The number of carboxylic acids is 1. The van der Waals surface area contributed by atoms with Gasteiger partial charge < -0.3 is 16.2 Å². The number of unbranched alkanes of at least 4 members (excludes halogenated alkanes) is 1. The van der Waals surface area contributed by atoms with Crippen LogP contribution in [0.1, 0.15) is 40.5 Å². The van der Waals surface area contributed by atoms with Gasteiger partial charge in [0.2, 0.25) is 0 Å². The van der Waals surface area contributed by atoms with Crippen LogP contribution in [0.15, 0.2) is 18.2 Å². The van der Waals surface area contributed by atoms with Crippen LogP contribution in [0, 0.1) is 0 Å². The highest BCUT2D eigenvalue weighted by Gasteiger charge is 2.11. The third-order valence-corrected chi connectivity index (χ3v) is 2.38. The number of carboxylic acid groups (broad SMARTS) is 1. The van der Waals surface area contributed by atoms with Crippen LogP contribution in [0.4, 0.5) is 5.69 Å². The molecule has 0 aliphatic rings. The van der Waals surface area contributed by atoms with Crippen molar-refractivity contribution in [1.82, 2.24) is 0 Å². The highest BCUT2D eigenvalue weighted by molar-refractivity contribution is 6.00. The Bertz CT molecular complexity index is 430. The lowest BCUT2D eigenvalue weighted by atomic mass is 10.1. The molecule has 0 radical (unpaired) electrons. The summed E-state index contributed by atoms with van der Waals surface area (Å²) in [6.07, 6.45) is 1.95. The quantitative estimate of drug-likeness (QED) is 0.655. The molecule has 0 spiro atoms. The molecule has 0 saturated carbocycles. The van der Waals surface area contributed by atoms with Crippen LogP contribution in [0.2, 0.25) is 0 Å². The summed E-state index contributed by atoms with van der Waals surface area (Å²) in [6.45, 7) is 2.73. The van der Waals surface area contributed by atoms with Gasteiger partial charge in [-0.3, -0.25) is 4.79 Å². The number of carbonyl (C=O) groups excluding carboxylic acids is 1. The van der Waals surface area contributed by atoms with Gasteiger partial charge >= 0.3 is 5.97 Å². The fraction of sp³-hybridized carbons (Fsp3) is 0.333. The summed E-state index contributed by atoms with van der Waals surface area (Å²) in [5.74, 6) is -1.60. The lowest BCUT2D eigenvalue weighted by Gasteiger charge is -2.10. The molecule has 5 heteroatoms. The number of hydrogen-bond acceptors (Lipinski definition) is 3. The Labute approximate surface area is 99.6 Å². The number of nitrogens with one attached hydrogen (secondary N) is 1. The van der Waals surface area contributed by atoms with E-state index in [-0.39, 0.29) is 5.56 Å². The molecular formula is C12H16N2O3. The minimum absolute atomic E-state index is 0.133. The van der Waals surface area contributed by atoms with Gasteiger partial charge in [-0.25, -0.2) is 4.79 Å². The van der Waals surface area contributed by atoms with Crippen LogP contribution in [0.5, 0.6) is 0 Å². The van der Waals surface area contributed by atoms with Crippen LogP contribution in [0.3, 0.4) is 0 Å². The summed E-state index contributed by atoms with van der Waals surface area (Å²) >= 11 is 0. The third-order valence-electron chi connectivity index (χ3n) is 2.38. The SMILES string of the molecule is CCCCNc1cc(C(=O)O)ccc1C(N)=O. The van der Waals surface area contributed by atoms with Gasteiger partial charge in [0.15, 0.2) is 0 Å². The van der Waals surface area contributed by atoms with E-state index in [1.54, 1.807) is 0 Å². The summed E-state index contributed by atoms with van der Waals surface area (Å²) < 4.78 is 0. The first-order valence-corrected chi connectivity index (χ1v) is 5.47. The summed E-state index contributed by atoms with van der Waals surface area (Å²) in [5, 5.41) is 11.9. The molecule has 0 fully saturated rings. The van der Waals surface area contributed by atoms with E-state index in [0.717, 1.165) is 12.8 Å². The predicted octanol–water partition coefficient (Wildman–Crippen LogP) is 1.70. The van der Waals surface area contributed by atoms with E-state index in [4.69, 9.17) is 10.8 Å². The Morgan fingerprint density at radius 2 is 2.12 bits per heavy atom. The predicted molar refractivity (Wildman–Crippen MR) is 65.3 cm³/mol. The fourth-order valence-electron chi connectivity index (χ4n) is 1.44. The molecule has 0 aliphatic carbocycles. The van der Waals surface area contributed by atoms with Crippen LogP contribution < -0.4 is 11.1 Å². The second-order valence-corrected chi connectivity index (χ2v) is 3.71. The van der Waals surface area contributed by atoms with E-state index in [9.17, 15) is 9.59 Å². The second kappa shape index (κ2) is 5.89. The van der Waals surface area contributed by atoms with Crippen molar-refractivity contribution in [2.24, 2.45) is 5.73 Å². The summed E-state index contributed by atoms with van der Waals surface area (Å²) in [6, 6.07) is 4.23. The van der Waals surface area contributed by atoms with Crippen molar-refractivity contribution in [3.05, 3.63) is 29.3 Å². The number of hydrogen-bond donors (Lipinski definition) is 3. The summed E-state index contributed by atoms with van der Waals surface area (Å²) in [7, 11) is 0. The van der Waals surface area contributed by atoms with Gasteiger partial charge in [0.25, 0.3) is 5.91 Å². The number of benzene rings is 1. The van der Waals surface area contributed by atoms with E-state index in [0.29, 0.717) is 17.8 Å². The molecule has 17 heavy (non-hydrogen) atoms. The smallest absolute Gasteiger partial charge is 0.335 e. The monoisotopic (exact) mass is 236 g/mol. The Morgan fingerprint density at radius 3 is 2.65 bits per heavy atom. The van der Waals surface area contributed by atoms with Crippen molar-refractivity contribution in [3.8, 4) is 0 Å². The number of carbonyl (C=O) groups is 2. The molecule has 1 amide bonds. The minimum Gasteiger partial charge on any atom is -0.478 e. The minimum atomic E-state index is -1.03. The molecular weight excluding hydrogens is 220 g/mol. The molecule has 0 bridgehead atoms. The molecule has 5 nitrogen and oxygen atoms in total. The van der Waals surface area contributed by atoms with Gasteiger partial charge in [0.1, 0.15) is 0 Å². The molecule has 0 heterocycles. The number of aromatic carboxylic acids is 1. The zero-order valence-electron chi connectivity index (χ0n) is 9.69. The van der Waals surface area contributed by atoms with Crippen molar-refractivity contribution < 1.29 is 14.7 Å². The topological polar surface area (TPSA) is 92.4 Å². The van der Waals surface area contributed by atoms with Gasteiger partial charge in [0, 0.05) is 12.2 Å². The third kappa shape index (κ3) is 3.48. The Hall–Kier alpha value is -2.04. The Morgan fingerprint density at radius 1 is 1.41 bits per heavy atom. The number of nitrogens with two attached hydrogens (primary N) is 1. The molecule has 1 rings (SSSR count). The first-order valence-electron chi connectivity index (χ1n) is 5.47. The average molecular weight is 236 g/mol. The largest absolute Gasteiger partial charge is 0.478 e. The van der Waals surface area contributed by atoms with E-state index < -0.39 is 11.9 Å². The molecule has 0 atom stereocenters. The Balaban J connectivity index is 2.98. The molecule has 92 valence electrons. The van der Waals surface area contributed by atoms with Crippen molar-refractivity contribution in [1.29, 1.82) is 0 Å². The maximum Gasteiger partial charge on any atom is 0.335 e. The van der Waals surface area contributed by atoms with Crippen molar-refractivity contribution >= 4 is 17.6 Å². The highest BCUT2D eigenvalue weighted by atomic mass is 16.4. The number of rotatable bonds is 6. The lowest BCUT2D eigenvalue weighted by molar-refractivity contribution is 0.0696. The van der Waals surface area contributed by atoms with E-state index in [1.165, 1.54) is 18.2 Å². The molecule has 0 aromatic heterocycles. The standard InChI is InChI=1S/C12H16N2O3/c1-2-3-6-14-10-7-8(12(16)17)4-5-9(10)11(13)15/h4-5,7,14H,2-3,6H2,1H3,(H2,13,15)(H,16,17). The first-order chi connectivity index (χ1) is 8.06. The normalized spacial score (nSPS) is 9.94. The molecule has 0 unspecified atom stereocenters. The van der Waals surface area contributed by atoms with Crippen molar-refractivity contribution in [3.63, 3.8) is 0 Å². The molecule has 4 N–H and O–H groups in total. The maximum absolute atomic E-state index is 11.2. The zero-order valence-corrected chi connectivity index (χ0v) is 9.69. The fourth-order valence-corrected chi connectivity index (χ4v) is 1.44. The van der Waals surface area contributed by atoms with Gasteiger partial charge in [0.05, 0.1) is 11.1 Å². The maximum atomic E-state index is 11.2. The van der Waals surface area contributed by atoms with Gasteiger partial charge in [-0.1, -0.05) is 13.3 Å². The van der Waals surface area contributed by atoms with E-state index >= 15 is 0 Å². The van der Waals surface area contributed by atoms with Crippen LogP contribution >= 0.6 is 0 Å². The van der Waals surface area contributed by atoms with Crippen LogP contribution in [-0.4, -0.2) is 23.5 Å². The van der Waals surface area contributed by atoms with Crippen LogP contribution in [0.25, 0.3) is 0 Å². The highest BCUT2D eigenvalue weighted by Crippen LogP contribution is 2.17. The van der Waals surface area contributed by atoms with Crippen LogP contribution in [-0.2, 0) is 0 Å². The Kier molecular flexibility index (Phi) is 4.51. The number of amides is 1. The second-order valence-electron chi connectivity index (χ2n) is 3.71. The van der Waals surface area contributed by atoms with E-state index in [2.05, 4.69) is 5.32 Å². The number of primary amides is 1. The zero-order chi connectivity index (χ0) is 12.8. The molecule has 0 saturated heterocycles. The van der Waals surface area contributed by atoms with Crippen molar-refractivity contribution in [2.75, 3.05) is 11.9 Å². The molecule has 1 aromatic rings. The summed E-state index contributed by atoms with van der Waals surface area (Å²) in [5.41, 5.74) is 6.14. The number of anilines is 1. The van der Waals surface area contributed by atoms with Gasteiger partial charge in [-0.2, -0.15) is 0 Å². The molecule has 0 aliphatic heterocycles. The summed E-state index contributed by atoms with van der Waals surface area (Å²) in [4.78, 5) is 22.0. The molecule has 1 aromatic carbocycles.